The lowest BCUT2D eigenvalue weighted by molar-refractivity contribution is 0.0629. The molecule has 0 saturated heterocycles. The van der Waals surface area contributed by atoms with Crippen LogP contribution in [0.15, 0.2) is 22.7 Å². The molecule has 100 valence electrons. The van der Waals surface area contributed by atoms with Crippen LogP contribution in [-0.2, 0) is 0 Å². The van der Waals surface area contributed by atoms with E-state index in [1.54, 1.807) is 11.9 Å². The molecule has 0 aliphatic carbocycles. The van der Waals surface area contributed by atoms with Crippen LogP contribution in [0, 0.1) is 11.2 Å². The van der Waals surface area contributed by atoms with E-state index >= 15 is 0 Å². The Balaban J connectivity index is 2.97. The van der Waals surface area contributed by atoms with Gasteiger partial charge in [-0.05, 0) is 46.5 Å². The summed E-state index contributed by atoms with van der Waals surface area (Å²) < 4.78 is 13.4. The lowest BCUT2D eigenvalue weighted by atomic mass is 9.87. The summed E-state index contributed by atoms with van der Waals surface area (Å²) in [5.41, 5.74) is 0.490. The van der Waals surface area contributed by atoms with Gasteiger partial charge in [-0.15, -0.1) is 0 Å². The first-order chi connectivity index (χ1) is 8.14. The molecule has 0 radical (unpaired) electrons. The first-order valence-electron chi connectivity index (χ1n) is 5.87. The fourth-order valence-electron chi connectivity index (χ4n) is 1.59. The number of hydrogen-bond donors (Lipinski definition) is 0. The van der Waals surface area contributed by atoms with Gasteiger partial charge in [-0.1, -0.05) is 20.8 Å². The molecule has 1 aromatic carbocycles. The molecule has 0 aliphatic rings. The van der Waals surface area contributed by atoms with Crippen LogP contribution in [0.5, 0.6) is 0 Å². The fourth-order valence-corrected chi connectivity index (χ4v) is 1.97. The van der Waals surface area contributed by atoms with Crippen LogP contribution < -0.4 is 0 Å². The number of rotatable bonds is 2. The minimum atomic E-state index is -0.363. The monoisotopic (exact) mass is 315 g/mol. The third kappa shape index (κ3) is 3.31. The molecule has 1 unspecified atom stereocenters. The summed E-state index contributed by atoms with van der Waals surface area (Å²) in [5, 5.41) is 0. The summed E-state index contributed by atoms with van der Waals surface area (Å²) in [6.07, 6.45) is 0. The van der Waals surface area contributed by atoms with Gasteiger partial charge in [-0.25, -0.2) is 4.39 Å². The summed E-state index contributed by atoms with van der Waals surface area (Å²) >= 11 is 3.09. The lowest BCUT2D eigenvalue weighted by Gasteiger charge is -2.35. The molecule has 0 spiro atoms. The van der Waals surface area contributed by atoms with Crippen molar-refractivity contribution < 1.29 is 9.18 Å². The topological polar surface area (TPSA) is 20.3 Å². The van der Waals surface area contributed by atoms with Crippen LogP contribution in [0.4, 0.5) is 4.39 Å². The van der Waals surface area contributed by atoms with E-state index in [-0.39, 0.29) is 23.2 Å². The first kappa shape index (κ1) is 15.2. The van der Waals surface area contributed by atoms with E-state index in [2.05, 4.69) is 36.7 Å². The second-order valence-electron chi connectivity index (χ2n) is 5.59. The second-order valence-corrected chi connectivity index (χ2v) is 6.44. The summed E-state index contributed by atoms with van der Waals surface area (Å²) in [4.78, 5) is 14.0. The Labute approximate surface area is 116 Å². The van der Waals surface area contributed by atoms with Crippen molar-refractivity contribution in [3.63, 3.8) is 0 Å². The highest BCUT2D eigenvalue weighted by atomic mass is 79.9. The molecule has 1 atom stereocenters. The standard InChI is InChI=1S/C14H19BrFNO/c1-9(14(2,3)4)17(5)13(18)10-6-7-12(16)11(15)8-10/h6-9H,1-5H3. The molecule has 1 amide bonds. The maximum atomic E-state index is 13.1. The number of nitrogens with zero attached hydrogens (tertiary/aromatic N) is 1. The highest BCUT2D eigenvalue weighted by Gasteiger charge is 2.27. The molecule has 0 heterocycles. The third-order valence-corrected chi connectivity index (χ3v) is 3.93. The van der Waals surface area contributed by atoms with Crippen LogP contribution in [-0.4, -0.2) is 23.9 Å². The molecular formula is C14H19BrFNO. The van der Waals surface area contributed by atoms with Gasteiger partial charge >= 0.3 is 0 Å². The molecular weight excluding hydrogens is 297 g/mol. The van der Waals surface area contributed by atoms with Crippen molar-refractivity contribution in [2.45, 2.75) is 33.7 Å². The van der Waals surface area contributed by atoms with Crippen molar-refractivity contribution in [3.05, 3.63) is 34.1 Å². The first-order valence-corrected chi connectivity index (χ1v) is 6.66. The Hall–Kier alpha value is -0.900. The molecule has 1 aromatic rings. The van der Waals surface area contributed by atoms with E-state index < -0.39 is 0 Å². The zero-order valence-electron chi connectivity index (χ0n) is 11.4. The Morgan fingerprint density at radius 2 is 1.94 bits per heavy atom. The van der Waals surface area contributed by atoms with E-state index in [0.29, 0.717) is 10.0 Å². The average Bonchev–Trinajstić information content (AvgIpc) is 2.28. The number of carbonyl (C=O) groups is 1. The SMILES string of the molecule is CC(N(C)C(=O)c1ccc(F)c(Br)c1)C(C)(C)C. The molecule has 0 saturated carbocycles. The summed E-state index contributed by atoms with van der Waals surface area (Å²) in [5.74, 6) is -0.462. The number of benzene rings is 1. The van der Waals surface area contributed by atoms with Crippen LogP contribution in [0.2, 0.25) is 0 Å². The molecule has 2 nitrogen and oxygen atoms in total. The van der Waals surface area contributed by atoms with Gasteiger partial charge in [-0.2, -0.15) is 0 Å². The van der Waals surface area contributed by atoms with E-state index in [9.17, 15) is 9.18 Å². The molecule has 0 aliphatic heterocycles. The summed E-state index contributed by atoms with van der Waals surface area (Å²) in [6, 6.07) is 4.42. The predicted molar refractivity (Wildman–Crippen MR) is 75.1 cm³/mol. The Morgan fingerprint density at radius 1 is 1.39 bits per heavy atom. The molecule has 18 heavy (non-hydrogen) atoms. The smallest absolute Gasteiger partial charge is 0.253 e. The van der Waals surface area contributed by atoms with E-state index in [0.717, 1.165) is 0 Å². The lowest BCUT2D eigenvalue weighted by Crippen LogP contribution is -2.42. The quantitative estimate of drug-likeness (QED) is 0.804. The highest BCUT2D eigenvalue weighted by molar-refractivity contribution is 9.10. The minimum absolute atomic E-state index is 0.00166. The third-order valence-electron chi connectivity index (χ3n) is 3.32. The Bertz CT molecular complexity index is 454. The van der Waals surface area contributed by atoms with E-state index in [4.69, 9.17) is 0 Å². The van der Waals surface area contributed by atoms with E-state index in [1.165, 1.54) is 18.2 Å². The van der Waals surface area contributed by atoms with Crippen molar-refractivity contribution in [1.29, 1.82) is 0 Å². The maximum Gasteiger partial charge on any atom is 0.253 e. The molecule has 4 heteroatoms. The van der Waals surface area contributed by atoms with Crippen molar-refractivity contribution in [2.24, 2.45) is 5.41 Å². The molecule has 0 aromatic heterocycles. The van der Waals surface area contributed by atoms with Gasteiger partial charge in [0.15, 0.2) is 0 Å². The van der Waals surface area contributed by atoms with E-state index in [1.807, 2.05) is 6.92 Å². The number of amides is 1. The molecule has 0 N–H and O–H groups in total. The fraction of sp³-hybridized carbons (Fsp3) is 0.500. The Kier molecular flexibility index (Phi) is 4.54. The number of hydrogen-bond acceptors (Lipinski definition) is 1. The van der Waals surface area contributed by atoms with Gasteiger partial charge in [0.05, 0.1) is 4.47 Å². The highest BCUT2D eigenvalue weighted by Crippen LogP contribution is 2.25. The van der Waals surface area contributed by atoms with Crippen LogP contribution >= 0.6 is 15.9 Å². The van der Waals surface area contributed by atoms with Crippen LogP contribution in [0.25, 0.3) is 0 Å². The van der Waals surface area contributed by atoms with Crippen LogP contribution in [0.3, 0.4) is 0 Å². The number of carbonyl (C=O) groups excluding carboxylic acids is 1. The summed E-state index contributed by atoms with van der Waals surface area (Å²) in [6.45, 7) is 8.27. The van der Waals surface area contributed by atoms with Crippen molar-refractivity contribution in [1.82, 2.24) is 4.90 Å². The largest absolute Gasteiger partial charge is 0.338 e. The summed E-state index contributed by atoms with van der Waals surface area (Å²) in [7, 11) is 1.77. The number of halogens is 2. The predicted octanol–water partition coefficient (Wildman–Crippen LogP) is 4.09. The van der Waals surface area contributed by atoms with Crippen molar-refractivity contribution in [3.8, 4) is 0 Å². The molecule has 0 fully saturated rings. The average molecular weight is 316 g/mol. The van der Waals surface area contributed by atoms with Gasteiger partial charge < -0.3 is 4.90 Å². The van der Waals surface area contributed by atoms with Gasteiger partial charge in [0, 0.05) is 18.7 Å². The zero-order valence-corrected chi connectivity index (χ0v) is 13.0. The minimum Gasteiger partial charge on any atom is -0.338 e. The van der Waals surface area contributed by atoms with Gasteiger partial charge in [0.25, 0.3) is 5.91 Å². The normalized spacial score (nSPS) is 13.3. The van der Waals surface area contributed by atoms with Gasteiger partial charge in [0.1, 0.15) is 5.82 Å². The van der Waals surface area contributed by atoms with Crippen molar-refractivity contribution in [2.75, 3.05) is 7.05 Å². The molecule has 0 bridgehead atoms. The maximum absolute atomic E-state index is 13.1. The zero-order chi connectivity index (χ0) is 14.1. The Morgan fingerprint density at radius 3 is 2.39 bits per heavy atom. The van der Waals surface area contributed by atoms with Gasteiger partial charge in [0.2, 0.25) is 0 Å². The molecule has 1 rings (SSSR count). The van der Waals surface area contributed by atoms with Gasteiger partial charge in [-0.3, -0.25) is 4.79 Å². The van der Waals surface area contributed by atoms with Crippen LogP contribution in [0.1, 0.15) is 38.1 Å². The second kappa shape index (κ2) is 5.39. The van der Waals surface area contributed by atoms with Crippen molar-refractivity contribution >= 4 is 21.8 Å².